The second kappa shape index (κ2) is 6.79. The summed E-state index contributed by atoms with van der Waals surface area (Å²) in [6.45, 7) is 5.63. The number of nitrogens with one attached hydrogen (secondary N) is 1. The van der Waals surface area contributed by atoms with Crippen molar-refractivity contribution in [3.8, 4) is 11.5 Å². The van der Waals surface area contributed by atoms with E-state index in [-0.39, 0.29) is 5.91 Å². The molecule has 0 spiro atoms. The minimum atomic E-state index is 0.0466. The number of aromatic nitrogens is 1. The molecule has 1 aromatic heterocycles. The summed E-state index contributed by atoms with van der Waals surface area (Å²) in [7, 11) is 0. The van der Waals surface area contributed by atoms with Gasteiger partial charge < -0.3 is 15.0 Å². The highest BCUT2D eigenvalue weighted by Gasteiger charge is 2.25. The first-order valence-corrected chi connectivity index (χ1v) is 7.85. The summed E-state index contributed by atoms with van der Waals surface area (Å²) in [5.41, 5.74) is 0.651. The number of piperazine rings is 1. The van der Waals surface area contributed by atoms with Gasteiger partial charge in [0.1, 0.15) is 11.5 Å². The first-order valence-electron chi connectivity index (χ1n) is 7.85. The molecule has 1 aliphatic heterocycles. The molecule has 5 heteroatoms. The van der Waals surface area contributed by atoms with Crippen LogP contribution < -0.4 is 10.1 Å². The summed E-state index contributed by atoms with van der Waals surface area (Å²) in [5, 5.41) is 3.44. The molecule has 1 saturated heterocycles. The Hall–Kier alpha value is -2.40. The van der Waals surface area contributed by atoms with E-state index in [0.29, 0.717) is 29.1 Å². The molecule has 0 unspecified atom stereocenters. The Morgan fingerprint density at radius 2 is 1.83 bits per heavy atom. The van der Waals surface area contributed by atoms with Crippen LogP contribution in [0, 0.1) is 0 Å². The maximum atomic E-state index is 12.7. The van der Waals surface area contributed by atoms with Crippen LogP contribution >= 0.6 is 0 Å². The summed E-state index contributed by atoms with van der Waals surface area (Å²) in [6.07, 6.45) is 3.35. The van der Waals surface area contributed by atoms with E-state index in [1.54, 1.807) is 30.6 Å². The fourth-order valence-corrected chi connectivity index (χ4v) is 2.91. The van der Waals surface area contributed by atoms with Gasteiger partial charge in [0.15, 0.2) is 0 Å². The second-order valence-corrected chi connectivity index (χ2v) is 5.99. The third-order valence-electron chi connectivity index (χ3n) is 3.81. The van der Waals surface area contributed by atoms with Crippen LogP contribution in [0.5, 0.6) is 11.5 Å². The monoisotopic (exact) mass is 311 g/mol. The van der Waals surface area contributed by atoms with E-state index in [2.05, 4.69) is 24.1 Å². The Labute approximate surface area is 136 Å². The molecule has 120 valence electrons. The number of amides is 1. The number of nitrogens with zero attached hydrogens (tertiary/aromatic N) is 2. The van der Waals surface area contributed by atoms with Crippen molar-refractivity contribution in [3.05, 3.63) is 54.4 Å². The van der Waals surface area contributed by atoms with E-state index in [0.717, 1.165) is 13.1 Å². The van der Waals surface area contributed by atoms with Crippen LogP contribution in [-0.2, 0) is 0 Å². The van der Waals surface area contributed by atoms with E-state index in [9.17, 15) is 4.79 Å². The number of pyridine rings is 1. The maximum absolute atomic E-state index is 12.7. The van der Waals surface area contributed by atoms with Gasteiger partial charge in [-0.25, -0.2) is 0 Å². The Bertz CT molecular complexity index is 665. The number of hydrogen-bond acceptors (Lipinski definition) is 4. The van der Waals surface area contributed by atoms with Gasteiger partial charge in [0.25, 0.3) is 5.91 Å². The first kappa shape index (κ1) is 15.5. The number of benzene rings is 1. The highest BCUT2D eigenvalue weighted by atomic mass is 16.5. The van der Waals surface area contributed by atoms with Crippen molar-refractivity contribution in [1.82, 2.24) is 15.2 Å². The highest BCUT2D eigenvalue weighted by molar-refractivity contribution is 5.94. The predicted molar refractivity (Wildman–Crippen MR) is 88.7 cm³/mol. The molecule has 0 saturated carbocycles. The van der Waals surface area contributed by atoms with E-state index < -0.39 is 0 Å². The fraction of sp³-hybridized carbons (Fsp3) is 0.333. The van der Waals surface area contributed by atoms with Crippen LogP contribution in [0.25, 0.3) is 0 Å². The van der Waals surface area contributed by atoms with Crippen LogP contribution in [0.15, 0.2) is 48.8 Å². The largest absolute Gasteiger partial charge is 0.457 e. The minimum absolute atomic E-state index is 0.0466. The van der Waals surface area contributed by atoms with E-state index >= 15 is 0 Å². The second-order valence-electron chi connectivity index (χ2n) is 5.99. The topological polar surface area (TPSA) is 54.5 Å². The average molecular weight is 311 g/mol. The molecule has 2 heterocycles. The first-order chi connectivity index (χ1) is 11.1. The molecule has 0 radical (unpaired) electrons. The molecule has 1 aliphatic rings. The molecule has 1 fully saturated rings. The Morgan fingerprint density at radius 1 is 1.13 bits per heavy atom. The van der Waals surface area contributed by atoms with Crippen molar-refractivity contribution in [2.24, 2.45) is 0 Å². The lowest BCUT2D eigenvalue weighted by atomic mass is 10.1. The SMILES string of the molecule is C[C@@H]1CN(C(=O)c2cccc(Oc3ccncc3)c2)C[C@@H](C)N1. The van der Waals surface area contributed by atoms with Gasteiger partial charge in [-0.15, -0.1) is 0 Å². The molecule has 23 heavy (non-hydrogen) atoms. The third-order valence-corrected chi connectivity index (χ3v) is 3.81. The zero-order valence-corrected chi connectivity index (χ0v) is 13.4. The van der Waals surface area contributed by atoms with Gasteiger partial charge in [-0.3, -0.25) is 9.78 Å². The Balaban J connectivity index is 1.75. The zero-order valence-electron chi connectivity index (χ0n) is 13.4. The van der Waals surface area contributed by atoms with E-state index in [1.165, 1.54) is 0 Å². The highest BCUT2D eigenvalue weighted by Crippen LogP contribution is 2.22. The Kier molecular flexibility index (Phi) is 4.57. The van der Waals surface area contributed by atoms with Crippen LogP contribution in [-0.4, -0.2) is 41.0 Å². The maximum Gasteiger partial charge on any atom is 0.254 e. The quantitative estimate of drug-likeness (QED) is 0.947. The van der Waals surface area contributed by atoms with Crippen molar-refractivity contribution in [1.29, 1.82) is 0 Å². The molecule has 5 nitrogen and oxygen atoms in total. The van der Waals surface area contributed by atoms with Crippen molar-refractivity contribution in [3.63, 3.8) is 0 Å². The number of hydrogen-bond donors (Lipinski definition) is 1. The summed E-state index contributed by atoms with van der Waals surface area (Å²) in [5.74, 6) is 1.40. The van der Waals surface area contributed by atoms with Gasteiger partial charge in [0.05, 0.1) is 0 Å². The van der Waals surface area contributed by atoms with Gasteiger partial charge in [0.2, 0.25) is 0 Å². The van der Waals surface area contributed by atoms with Crippen LogP contribution in [0.3, 0.4) is 0 Å². The molecule has 0 aliphatic carbocycles. The molecule has 0 bridgehead atoms. The molecule has 1 N–H and O–H groups in total. The van der Waals surface area contributed by atoms with Crippen LogP contribution in [0.2, 0.25) is 0 Å². The molecular weight excluding hydrogens is 290 g/mol. The fourth-order valence-electron chi connectivity index (χ4n) is 2.91. The number of carbonyl (C=O) groups is 1. The molecule has 1 aromatic carbocycles. The van der Waals surface area contributed by atoms with E-state index in [1.807, 2.05) is 23.1 Å². The zero-order chi connectivity index (χ0) is 16.2. The summed E-state index contributed by atoms with van der Waals surface area (Å²) < 4.78 is 5.78. The van der Waals surface area contributed by atoms with Gasteiger partial charge >= 0.3 is 0 Å². The molecule has 3 rings (SSSR count). The Morgan fingerprint density at radius 3 is 2.52 bits per heavy atom. The normalized spacial score (nSPS) is 21.0. The lowest BCUT2D eigenvalue weighted by Crippen LogP contribution is -2.55. The van der Waals surface area contributed by atoms with Gasteiger partial charge in [-0.1, -0.05) is 6.07 Å². The summed E-state index contributed by atoms with van der Waals surface area (Å²) in [4.78, 5) is 18.6. The third kappa shape index (κ3) is 3.87. The standard InChI is InChI=1S/C18H21N3O2/c1-13-11-21(12-14(2)20-13)18(22)15-4-3-5-17(10-15)23-16-6-8-19-9-7-16/h3-10,13-14,20H,11-12H2,1-2H3/t13-,14-/m1/s1. The van der Waals surface area contributed by atoms with Crippen molar-refractivity contribution in [2.45, 2.75) is 25.9 Å². The summed E-state index contributed by atoms with van der Waals surface area (Å²) >= 11 is 0. The van der Waals surface area contributed by atoms with Crippen molar-refractivity contribution < 1.29 is 9.53 Å². The molecule has 2 aromatic rings. The van der Waals surface area contributed by atoms with E-state index in [4.69, 9.17) is 4.74 Å². The van der Waals surface area contributed by atoms with Gasteiger partial charge in [0, 0.05) is 43.1 Å². The van der Waals surface area contributed by atoms with Crippen LogP contribution in [0.1, 0.15) is 24.2 Å². The molecular formula is C18H21N3O2. The average Bonchev–Trinajstić information content (AvgIpc) is 2.54. The van der Waals surface area contributed by atoms with Gasteiger partial charge in [-0.05, 0) is 44.2 Å². The number of rotatable bonds is 3. The van der Waals surface area contributed by atoms with Crippen molar-refractivity contribution in [2.75, 3.05) is 13.1 Å². The van der Waals surface area contributed by atoms with Gasteiger partial charge in [-0.2, -0.15) is 0 Å². The lowest BCUT2D eigenvalue weighted by Gasteiger charge is -2.36. The number of carbonyl (C=O) groups excluding carboxylic acids is 1. The van der Waals surface area contributed by atoms with Crippen LogP contribution in [0.4, 0.5) is 0 Å². The smallest absolute Gasteiger partial charge is 0.254 e. The minimum Gasteiger partial charge on any atom is -0.457 e. The van der Waals surface area contributed by atoms with Crippen molar-refractivity contribution >= 4 is 5.91 Å². The predicted octanol–water partition coefficient (Wildman–Crippen LogP) is 2.70. The summed E-state index contributed by atoms with van der Waals surface area (Å²) in [6, 6.07) is 11.5. The number of ether oxygens (including phenoxy) is 1. The lowest BCUT2D eigenvalue weighted by molar-refractivity contribution is 0.0673. The molecule has 1 amide bonds. The molecule has 2 atom stereocenters.